The van der Waals surface area contributed by atoms with Crippen LogP contribution >= 0.6 is 24.0 Å². The molecule has 0 aliphatic carbocycles. The molecular weight excluding hydrogens is 477 g/mol. The van der Waals surface area contributed by atoms with Crippen molar-refractivity contribution in [1.29, 1.82) is 0 Å². The highest BCUT2D eigenvalue weighted by atomic mass is 127. The number of halogens is 1. The molecule has 0 radical (unpaired) electrons. The molecule has 29 heavy (non-hydrogen) atoms. The predicted octanol–water partition coefficient (Wildman–Crippen LogP) is 3.13. The van der Waals surface area contributed by atoms with Gasteiger partial charge in [0.05, 0.1) is 7.11 Å². The minimum atomic E-state index is 0. The van der Waals surface area contributed by atoms with Crippen molar-refractivity contribution in [1.82, 2.24) is 15.1 Å². The summed E-state index contributed by atoms with van der Waals surface area (Å²) in [6, 6.07) is 8.36. The number of ether oxygens (including phenoxy) is 1. The van der Waals surface area contributed by atoms with Crippen LogP contribution in [-0.4, -0.2) is 82.3 Å². The number of hydrogen-bond donors (Lipinski definition) is 1. The van der Waals surface area contributed by atoms with Crippen molar-refractivity contribution in [3.05, 3.63) is 24.3 Å². The van der Waals surface area contributed by atoms with Crippen molar-refractivity contribution < 1.29 is 4.74 Å². The number of hydrogen-bond acceptors (Lipinski definition) is 4. The molecule has 2 fully saturated rings. The molecular formula is C22H38IN5O. The summed E-state index contributed by atoms with van der Waals surface area (Å²) in [5.74, 6) is 2.74. The minimum absolute atomic E-state index is 0. The first-order valence-electron chi connectivity index (χ1n) is 10.8. The summed E-state index contributed by atoms with van der Waals surface area (Å²) < 4.78 is 5.26. The van der Waals surface area contributed by atoms with Crippen LogP contribution in [0.15, 0.2) is 29.3 Å². The largest absolute Gasteiger partial charge is 0.497 e. The molecule has 3 rings (SSSR count). The van der Waals surface area contributed by atoms with Gasteiger partial charge in [-0.25, -0.2) is 0 Å². The molecule has 2 aliphatic rings. The van der Waals surface area contributed by atoms with Gasteiger partial charge in [-0.1, -0.05) is 6.92 Å². The predicted molar refractivity (Wildman–Crippen MR) is 133 cm³/mol. The van der Waals surface area contributed by atoms with E-state index in [4.69, 9.17) is 4.74 Å². The summed E-state index contributed by atoms with van der Waals surface area (Å²) in [4.78, 5) is 12.0. The van der Waals surface area contributed by atoms with Crippen LogP contribution in [0.5, 0.6) is 5.75 Å². The van der Waals surface area contributed by atoms with Crippen LogP contribution in [0.1, 0.15) is 26.2 Å². The quantitative estimate of drug-likeness (QED) is 0.359. The number of aliphatic imine (C=N–C) groups is 1. The Kier molecular flexibility index (Phi) is 10.3. The zero-order chi connectivity index (χ0) is 19.8. The molecule has 0 saturated carbocycles. The van der Waals surface area contributed by atoms with Crippen LogP contribution in [0.25, 0.3) is 0 Å². The number of anilines is 1. The Balaban J connectivity index is 0.00000300. The zero-order valence-electron chi connectivity index (χ0n) is 18.3. The van der Waals surface area contributed by atoms with Crippen LogP contribution in [0, 0.1) is 5.92 Å². The van der Waals surface area contributed by atoms with Crippen LogP contribution in [0.3, 0.4) is 0 Å². The number of guanidine groups is 1. The molecule has 2 aliphatic heterocycles. The summed E-state index contributed by atoms with van der Waals surface area (Å²) in [5, 5.41) is 3.65. The van der Waals surface area contributed by atoms with Crippen molar-refractivity contribution in [2.75, 3.05) is 71.4 Å². The maximum atomic E-state index is 5.26. The lowest BCUT2D eigenvalue weighted by Gasteiger charge is -2.38. The van der Waals surface area contributed by atoms with Crippen LogP contribution < -0.4 is 15.0 Å². The number of piperazine rings is 1. The highest BCUT2D eigenvalue weighted by Gasteiger charge is 2.22. The number of piperidine rings is 1. The smallest absolute Gasteiger partial charge is 0.193 e. The average Bonchev–Trinajstić information content (AvgIpc) is 2.76. The van der Waals surface area contributed by atoms with Gasteiger partial charge in [0.2, 0.25) is 0 Å². The van der Waals surface area contributed by atoms with E-state index >= 15 is 0 Å². The fraction of sp³-hybridized carbons (Fsp3) is 0.682. The van der Waals surface area contributed by atoms with Gasteiger partial charge in [0.15, 0.2) is 5.96 Å². The first-order valence-corrected chi connectivity index (χ1v) is 10.8. The van der Waals surface area contributed by atoms with Gasteiger partial charge in [0.25, 0.3) is 0 Å². The summed E-state index contributed by atoms with van der Waals surface area (Å²) in [7, 11) is 3.61. The van der Waals surface area contributed by atoms with E-state index < -0.39 is 0 Å². The van der Waals surface area contributed by atoms with Crippen molar-refractivity contribution >= 4 is 35.6 Å². The molecule has 0 amide bonds. The maximum Gasteiger partial charge on any atom is 0.193 e. The van der Waals surface area contributed by atoms with E-state index in [1.54, 1.807) is 7.11 Å². The number of rotatable bonds is 6. The highest BCUT2D eigenvalue weighted by molar-refractivity contribution is 14.0. The zero-order valence-corrected chi connectivity index (χ0v) is 20.6. The Morgan fingerprint density at radius 3 is 2.28 bits per heavy atom. The Bertz CT molecular complexity index is 608. The third kappa shape index (κ3) is 6.91. The lowest BCUT2D eigenvalue weighted by Crippen LogP contribution is -2.53. The minimum Gasteiger partial charge on any atom is -0.497 e. The fourth-order valence-corrected chi connectivity index (χ4v) is 4.27. The summed E-state index contributed by atoms with van der Waals surface area (Å²) in [6.07, 6.45) is 3.86. The topological polar surface area (TPSA) is 43.3 Å². The first-order chi connectivity index (χ1) is 13.7. The van der Waals surface area contributed by atoms with Gasteiger partial charge < -0.3 is 24.8 Å². The third-order valence-electron chi connectivity index (χ3n) is 6.02. The van der Waals surface area contributed by atoms with Crippen molar-refractivity contribution in [3.8, 4) is 5.75 Å². The second kappa shape index (κ2) is 12.5. The van der Waals surface area contributed by atoms with Gasteiger partial charge in [-0.3, -0.25) is 4.99 Å². The van der Waals surface area contributed by atoms with Gasteiger partial charge in [0.1, 0.15) is 5.75 Å². The lowest BCUT2D eigenvalue weighted by atomic mass is 9.97. The molecule has 2 saturated heterocycles. The maximum absolute atomic E-state index is 5.26. The monoisotopic (exact) mass is 515 g/mol. The van der Waals surface area contributed by atoms with Crippen LogP contribution in [0.2, 0.25) is 0 Å². The van der Waals surface area contributed by atoms with E-state index in [1.807, 2.05) is 19.2 Å². The molecule has 0 aromatic heterocycles. The number of nitrogens with zero attached hydrogens (tertiary/aromatic N) is 4. The molecule has 2 heterocycles. The van der Waals surface area contributed by atoms with Crippen LogP contribution in [0.4, 0.5) is 5.69 Å². The second-order valence-corrected chi connectivity index (χ2v) is 7.89. The summed E-state index contributed by atoms with van der Waals surface area (Å²) in [6.45, 7) is 11.1. The van der Waals surface area contributed by atoms with Gasteiger partial charge in [-0.15, -0.1) is 24.0 Å². The van der Waals surface area contributed by atoms with E-state index in [9.17, 15) is 0 Å². The Morgan fingerprint density at radius 1 is 1.07 bits per heavy atom. The Hall–Kier alpha value is -1.22. The SMILES string of the molecule is CCCN1CCC(CNC(=NC)N2CCN(c3ccc(OC)cc3)CC2)CC1.I. The van der Waals surface area contributed by atoms with Crippen molar-refractivity contribution in [2.45, 2.75) is 26.2 Å². The number of likely N-dealkylation sites (tertiary alicyclic amines) is 1. The Morgan fingerprint density at radius 2 is 1.72 bits per heavy atom. The van der Waals surface area contributed by atoms with E-state index in [-0.39, 0.29) is 24.0 Å². The molecule has 0 atom stereocenters. The fourth-order valence-electron chi connectivity index (χ4n) is 4.27. The molecule has 7 heteroatoms. The summed E-state index contributed by atoms with van der Waals surface area (Å²) >= 11 is 0. The lowest BCUT2D eigenvalue weighted by molar-refractivity contribution is 0.184. The molecule has 6 nitrogen and oxygen atoms in total. The summed E-state index contributed by atoms with van der Waals surface area (Å²) in [5.41, 5.74) is 1.27. The molecule has 0 unspecified atom stereocenters. The number of benzene rings is 1. The van der Waals surface area contributed by atoms with Gasteiger partial charge >= 0.3 is 0 Å². The highest BCUT2D eigenvalue weighted by Crippen LogP contribution is 2.21. The molecule has 1 aromatic carbocycles. The van der Waals surface area contributed by atoms with E-state index in [0.29, 0.717) is 0 Å². The average molecular weight is 515 g/mol. The molecule has 1 aromatic rings. The first kappa shape index (κ1) is 24.1. The van der Waals surface area contributed by atoms with Gasteiger partial charge in [-0.2, -0.15) is 0 Å². The van der Waals surface area contributed by atoms with Crippen molar-refractivity contribution in [2.24, 2.45) is 10.9 Å². The van der Waals surface area contributed by atoms with Crippen molar-refractivity contribution in [3.63, 3.8) is 0 Å². The number of methoxy groups -OCH3 is 1. The van der Waals surface area contributed by atoms with Gasteiger partial charge in [-0.05, 0) is 69.1 Å². The molecule has 1 N–H and O–H groups in total. The van der Waals surface area contributed by atoms with Crippen LogP contribution in [-0.2, 0) is 0 Å². The van der Waals surface area contributed by atoms with E-state index in [2.05, 4.69) is 44.1 Å². The molecule has 0 spiro atoms. The normalized spacial score (nSPS) is 19.1. The second-order valence-electron chi connectivity index (χ2n) is 7.89. The standard InChI is InChI=1S/C22H37N5O.HI/c1-4-11-25-12-9-19(10-13-25)18-24-22(23-2)27-16-14-26(15-17-27)20-5-7-21(28-3)8-6-20;/h5-8,19H,4,9-18H2,1-3H3,(H,23,24);1H. The number of nitrogens with one attached hydrogen (secondary N) is 1. The van der Waals surface area contributed by atoms with E-state index in [0.717, 1.165) is 50.4 Å². The Labute approximate surface area is 193 Å². The van der Waals surface area contributed by atoms with Gasteiger partial charge in [0, 0.05) is 45.5 Å². The third-order valence-corrected chi connectivity index (χ3v) is 6.02. The van der Waals surface area contributed by atoms with E-state index in [1.165, 1.54) is 44.6 Å². The molecule has 0 bridgehead atoms. The molecule has 164 valence electrons.